The fourth-order valence-electron chi connectivity index (χ4n) is 1.38. The van der Waals surface area contributed by atoms with Crippen LogP contribution >= 0.6 is 0 Å². The molecule has 13 heavy (non-hydrogen) atoms. The highest BCUT2D eigenvalue weighted by Crippen LogP contribution is 2.23. The van der Waals surface area contributed by atoms with Gasteiger partial charge in [0.15, 0.2) is 0 Å². The van der Waals surface area contributed by atoms with Crippen molar-refractivity contribution in [2.45, 2.75) is 6.42 Å². The van der Waals surface area contributed by atoms with E-state index in [0.717, 1.165) is 17.9 Å². The first-order valence-electron chi connectivity index (χ1n) is 4.28. The summed E-state index contributed by atoms with van der Waals surface area (Å²) in [5.74, 6) is 2.16. The van der Waals surface area contributed by atoms with E-state index in [-0.39, 0.29) is 5.92 Å². The van der Waals surface area contributed by atoms with Crippen molar-refractivity contribution in [2.75, 3.05) is 27.9 Å². The number of ether oxygens (including phenoxy) is 3. The molecule has 0 heterocycles. The Balaban J connectivity index is 2.64. The number of hydrogen-bond acceptors (Lipinski definition) is 3. The Morgan fingerprint density at radius 1 is 1.15 bits per heavy atom. The van der Waals surface area contributed by atoms with Gasteiger partial charge in [-0.25, -0.2) is 0 Å². The lowest BCUT2D eigenvalue weighted by atomic mass is 10.0. The minimum Gasteiger partial charge on any atom is -0.501 e. The van der Waals surface area contributed by atoms with Crippen LogP contribution in [0.25, 0.3) is 0 Å². The zero-order valence-corrected chi connectivity index (χ0v) is 8.37. The van der Waals surface area contributed by atoms with Crippen molar-refractivity contribution in [3.63, 3.8) is 0 Å². The maximum absolute atomic E-state index is 5.18. The van der Waals surface area contributed by atoms with Gasteiger partial charge in [-0.1, -0.05) is 0 Å². The van der Waals surface area contributed by atoms with Crippen molar-refractivity contribution < 1.29 is 14.2 Å². The summed E-state index contributed by atoms with van der Waals surface area (Å²) in [6.07, 6.45) is 4.87. The van der Waals surface area contributed by atoms with Crippen molar-refractivity contribution in [1.82, 2.24) is 0 Å². The molecule has 0 radical (unpaired) electrons. The highest BCUT2D eigenvalue weighted by Gasteiger charge is 2.14. The third kappa shape index (κ3) is 2.77. The second kappa shape index (κ2) is 4.92. The Morgan fingerprint density at radius 3 is 2.08 bits per heavy atom. The maximum Gasteiger partial charge on any atom is 0.0997 e. The molecule has 0 saturated carbocycles. The Labute approximate surface area is 79.0 Å². The van der Waals surface area contributed by atoms with Gasteiger partial charge >= 0.3 is 0 Å². The van der Waals surface area contributed by atoms with Crippen LogP contribution in [0, 0.1) is 5.92 Å². The van der Waals surface area contributed by atoms with E-state index in [4.69, 9.17) is 14.2 Å². The van der Waals surface area contributed by atoms with Gasteiger partial charge in [0.05, 0.1) is 38.8 Å². The van der Waals surface area contributed by atoms with Gasteiger partial charge < -0.3 is 14.2 Å². The monoisotopic (exact) mass is 184 g/mol. The predicted molar refractivity (Wildman–Crippen MR) is 50.2 cm³/mol. The maximum atomic E-state index is 5.18. The molecule has 0 saturated heterocycles. The van der Waals surface area contributed by atoms with Crippen LogP contribution in [0.5, 0.6) is 0 Å². The van der Waals surface area contributed by atoms with Crippen LogP contribution in [0.4, 0.5) is 0 Å². The summed E-state index contributed by atoms with van der Waals surface area (Å²) >= 11 is 0. The topological polar surface area (TPSA) is 27.7 Å². The second-order valence-corrected chi connectivity index (χ2v) is 2.97. The molecule has 1 rings (SSSR count). The first-order chi connectivity index (χ1) is 6.30. The molecule has 0 aromatic heterocycles. The minimum absolute atomic E-state index is 0.267. The average Bonchev–Trinajstić information content (AvgIpc) is 2.17. The van der Waals surface area contributed by atoms with Crippen LogP contribution in [-0.4, -0.2) is 27.9 Å². The summed E-state index contributed by atoms with van der Waals surface area (Å²) in [7, 11) is 5.04. The van der Waals surface area contributed by atoms with E-state index >= 15 is 0 Å². The molecule has 1 aliphatic carbocycles. The number of rotatable bonds is 4. The van der Waals surface area contributed by atoms with Gasteiger partial charge in [0.25, 0.3) is 0 Å². The summed E-state index contributed by atoms with van der Waals surface area (Å²) in [6.45, 7) is 0.666. The van der Waals surface area contributed by atoms with Crippen molar-refractivity contribution in [1.29, 1.82) is 0 Å². The summed E-state index contributed by atoms with van der Waals surface area (Å²) in [5, 5.41) is 0. The minimum atomic E-state index is 0.267. The lowest BCUT2D eigenvalue weighted by molar-refractivity contribution is 0.171. The molecule has 0 fully saturated rings. The molecule has 0 N–H and O–H groups in total. The molecule has 0 amide bonds. The molecule has 0 unspecified atom stereocenters. The van der Waals surface area contributed by atoms with E-state index < -0.39 is 0 Å². The van der Waals surface area contributed by atoms with Gasteiger partial charge in [0, 0.05) is 13.0 Å². The highest BCUT2D eigenvalue weighted by molar-refractivity contribution is 5.18. The van der Waals surface area contributed by atoms with Crippen molar-refractivity contribution >= 4 is 0 Å². The van der Waals surface area contributed by atoms with Crippen LogP contribution in [-0.2, 0) is 14.2 Å². The fraction of sp³-hybridized carbons (Fsp3) is 0.600. The van der Waals surface area contributed by atoms with E-state index in [2.05, 4.69) is 12.2 Å². The predicted octanol–water partition coefficient (Wildman–Crippen LogP) is 1.71. The Bertz CT molecular complexity index is 198. The molecular formula is C10H16O3. The van der Waals surface area contributed by atoms with Gasteiger partial charge in [0.1, 0.15) is 0 Å². The Kier molecular flexibility index (Phi) is 3.83. The van der Waals surface area contributed by atoms with Crippen LogP contribution in [0.15, 0.2) is 23.7 Å². The highest BCUT2D eigenvalue weighted by atomic mass is 16.5. The molecule has 1 aliphatic rings. The third-order valence-electron chi connectivity index (χ3n) is 2.03. The Morgan fingerprint density at radius 2 is 1.69 bits per heavy atom. The van der Waals surface area contributed by atoms with Gasteiger partial charge in [0.2, 0.25) is 0 Å². The summed E-state index contributed by atoms with van der Waals surface area (Å²) in [6, 6.07) is 0. The molecule has 0 aromatic rings. The van der Waals surface area contributed by atoms with E-state index in [9.17, 15) is 0 Å². The molecule has 0 spiro atoms. The quantitative estimate of drug-likeness (QED) is 0.665. The normalized spacial score (nSPS) is 17.8. The van der Waals surface area contributed by atoms with Crippen molar-refractivity contribution in [3.05, 3.63) is 23.7 Å². The number of hydrogen-bond donors (Lipinski definition) is 0. The largest absolute Gasteiger partial charge is 0.501 e. The van der Waals surface area contributed by atoms with Crippen LogP contribution in [0.2, 0.25) is 0 Å². The third-order valence-corrected chi connectivity index (χ3v) is 2.03. The molecule has 3 nitrogen and oxygen atoms in total. The SMILES string of the molecule is COCC1C=C(OC)CC(OC)=C1. The van der Waals surface area contributed by atoms with Gasteiger partial charge in [-0.15, -0.1) is 0 Å². The standard InChI is InChI=1S/C10H16O3/c1-11-7-8-4-9(12-2)6-10(5-8)13-3/h4-5,8H,6-7H2,1-3H3. The molecule has 0 aliphatic heterocycles. The summed E-state index contributed by atoms with van der Waals surface area (Å²) in [4.78, 5) is 0. The smallest absolute Gasteiger partial charge is 0.0997 e. The average molecular weight is 184 g/mol. The fourth-order valence-corrected chi connectivity index (χ4v) is 1.38. The van der Waals surface area contributed by atoms with Crippen LogP contribution in [0.1, 0.15) is 6.42 Å². The van der Waals surface area contributed by atoms with Gasteiger partial charge in [-0.3, -0.25) is 0 Å². The van der Waals surface area contributed by atoms with Crippen LogP contribution in [0.3, 0.4) is 0 Å². The molecule has 0 atom stereocenters. The lowest BCUT2D eigenvalue weighted by Gasteiger charge is -2.18. The van der Waals surface area contributed by atoms with Crippen molar-refractivity contribution in [3.8, 4) is 0 Å². The molecular weight excluding hydrogens is 168 g/mol. The second-order valence-electron chi connectivity index (χ2n) is 2.97. The lowest BCUT2D eigenvalue weighted by Crippen LogP contribution is -2.10. The van der Waals surface area contributed by atoms with E-state index in [1.807, 2.05) is 0 Å². The van der Waals surface area contributed by atoms with E-state index in [1.165, 1.54) is 0 Å². The van der Waals surface area contributed by atoms with E-state index in [0.29, 0.717) is 6.61 Å². The van der Waals surface area contributed by atoms with Gasteiger partial charge in [-0.05, 0) is 12.2 Å². The Hall–Kier alpha value is -0.960. The zero-order valence-electron chi connectivity index (χ0n) is 8.37. The molecule has 0 bridgehead atoms. The molecule has 74 valence electrons. The zero-order chi connectivity index (χ0) is 9.68. The van der Waals surface area contributed by atoms with Crippen LogP contribution < -0.4 is 0 Å². The van der Waals surface area contributed by atoms with Gasteiger partial charge in [-0.2, -0.15) is 0 Å². The number of methoxy groups -OCH3 is 3. The van der Waals surface area contributed by atoms with Crippen molar-refractivity contribution in [2.24, 2.45) is 5.92 Å². The van der Waals surface area contributed by atoms with E-state index in [1.54, 1.807) is 21.3 Å². The summed E-state index contributed by atoms with van der Waals surface area (Å²) < 4.78 is 15.4. The first kappa shape index (κ1) is 10.1. The summed E-state index contributed by atoms with van der Waals surface area (Å²) in [5.41, 5.74) is 0. The molecule has 0 aromatic carbocycles. The first-order valence-corrected chi connectivity index (χ1v) is 4.28. The molecule has 3 heteroatoms.